The van der Waals surface area contributed by atoms with Crippen molar-refractivity contribution in [3.63, 3.8) is 0 Å². The third-order valence-corrected chi connectivity index (χ3v) is 7.92. The molecule has 0 amide bonds. The Balaban J connectivity index is 1.78. The third kappa shape index (κ3) is 4.33. The van der Waals surface area contributed by atoms with Crippen LogP contribution in [0.3, 0.4) is 0 Å². The molecule has 0 fully saturated rings. The summed E-state index contributed by atoms with van der Waals surface area (Å²) in [5.41, 5.74) is 3.18. The Morgan fingerprint density at radius 2 is 1.56 bits per heavy atom. The van der Waals surface area contributed by atoms with Crippen molar-refractivity contribution in [2.75, 3.05) is 0 Å². The molecule has 7 heteroatoms. The fourth-order valence-electron chi connectivity index (χ4n) is 3.46. The number of sulfone groups is 1. The summed E-state index contributed by atoms with van der Waals surface area (Å²) in [6.45, 7) is 5.21. The van der Waals surface area contributed by atoms with Gasteiger partial charge in [0, 0.05) is 21.7 Å². The smallest absolute Gasteiger partial charge is 0.180 e. The zero-order chi connectivity index (χ0) is 23.0. The Kier molecular flexibility index (Phi) is 6.17. The van der Waals surface area contributed by atoms with E-state index < -0.39 is 15.1 Å². The highest BCUT2D eigenvalue weighted by Crippen LogP contribution is 2.38. The second-order valence-electron chi connectivity index (χ2n) is 7.76. The number of fused-ring (bicyclic) bond motifs is 1. The average Bonchev–Trinajstić information content (AvgIpc) is 2.75. The molecule has 164 valence electrons. The Morgan fingerprint density at radius 3 is 2.31 bits per heavy atom. The van der Waals surface area contributed by atoms with Gasteiger partial charge in [0.15, 0.2) is 9.84 Å². The van der Waals surface area contributed by atoms with E-state index in [1.807, 2.05) is 31.2 Å². The van der Waals surface area contributed by atoms with Crippen LogP contribution in [-0.4, -0.2) is 18.7 Å². The number of para-hydroxylation sites is 1. The predicted octanol–water partition coefficient (Wildman–Crippen LogP) is 7.49. The molecule has 0 spiro atoms. The zero-order valence-corrected chi connectivity index (χ0v) is 20.1. The molecule has 4 aromatic rings. The topological polar surface area (TPSA) is 56.3 Å². The first-order valence-electron chi connectivity index (χ1n) is 10.0. The van der Waals surface area contributed by atoms with Crippen LogP contribution in [-0.2, 0) is 9.84 Å². The van der Waals surface area contributed by atoms with Gasteiger partial charge in [-0.1, -0.05) is 41.4 Å². The van der Waals surface area contributed by atoms with Gasteiger partial charge in [0.2, 0.25) is 0 Å². The van der Waals surface area contributed by atoms with Crippen LogP contribution in [0.25, 0.3) is 22.0 Å². The molecule has 32 heavy (non-hydrogen) atoms. The SMILES string of the molecule is Cc1cc(-c2cc(Oc3cccc(S(=O)(=O)C(C)C)c3)ccc2Cl)c2cccc(Cl)c2n1. The molecular formula is C25H21Cl2NO3S. The van der Waals surface area contributed by atoms with Crippen molar-refractivity contribution in [1.82, 2.24) is 4.98 Å². The van der Waals surface area contributed by atoms with Crippen molar-refractivity contribution in [2.24, 2.45) is 0 Å². The van der Waals surface area contributed by atoms with Crippen LogP contribution in [0.4, 0.5) is 0 Å². The van der Waals surface area contributed by atoms with Crippen molar-refractivity contribution in [1.29, 1.82) is 0 Å². The molecule has 3 aromatic carbocycles. The van der Waals surface area contributed by atoms with E-state index in [1.54, 1.807) is 50.2 Å². The molecule has 1 heterocycles. The Morgan fingerprint density at radius 1 is 0.844 bits per heavy atom. The summed E-state index contributed by atoms with van der Waals surface area (Å²) in [7, 11) is -3.40. The quantitative estimate of drug-likeness (QED) is 0.293. The summed E-state index contributed by atoms with van der Waals surface area (Å²) >= 11 is 12.9. The monoisotopic (exact) mass is 485 g/mol. The fourth-order valence-corrected chi connectivity index (χ4v) is 4.99. The summed E-state index contributed by atoms with van der Waals surface area (Å²) in [5.74, 6) is 0.965. The molecule has 0 aliphatic rings. The van der Waals surface area contributed by atoms with Gasteiger partial charge in [0.05, 0.1) is 20.7 Å². The lowest BCUT2D eigenvalue weighted by Crippen LogP contribution is -2.13. The van der Waals surface area contributed by atoms with E-state index >= 15 is 0 Å². The normalized spacial score (nSPS) is 11.8. The Hall–Kier alpha value is -2.60. The van der Waals surface area contributed by atoms with E-state index in [9.17, 15) is 8.42 Å². The van der Waals surface area contributed by atoms with Gasteiger partial charge in [0.1, 0.15) is 11.5 Å². The largest absolute Gasteiger partial charge is 0.457 e. The lowest BCUT2D eigenvalue weighted by Gasteiger charge is -2.14. The number of ether oxygens (including phenoxy) is 1. The lowest BCUT2D eigenvalue weighted by molar-refractivity contribution is 0.481. The minimum absolute atomic E-state index is 0.226. The first-order valence-corrected chi connectivity index (χ1v) is 12.3. The van der Waals surface area contributed by atoms with Gasteiger partial charge in [-0.3, -0.25) is 4.98 Å². The van der Waals surface area contributed by atoms with Gasteiger partial charge >= 0.3 is 0 Å². The maximum absolute atomic E-state index is 12.5. The molecule has 4 nitrogen and oxygen atoms in total. The molecule has 0 aliphatic heterocycles. The zero-order valence-electron chi connectivity index (χ0n) is 17.8. The van der Waals surface area contributed by atoms with Crippen LogP contribution in [0.2, 0.25) is 10.0 Å². The number of nitrogens with zero attached hydrogens (tertiary/aromatic N) is 1. The van der Waals surface area contributed by atoms with Crippen LogP contribution in [0.1, 0.15) is 19.5 Å². The van der Waals surface area contributed by atoms with E-state index in [2.05, 4.69) is 4.98 Å². The molecule has 0 aliphatic carbocycles. The van der Waals surface area contributed by atoms with Crippen molar-refractivity contribution in [3.8, 4) is 22.6 Å². The second-order valence-corrected chi connectivity index (χ2v) is 11.1. The molecule has 0 unspecified atom stereocenters. The molecule has 0 saturated heterocycles. The highest BCUT2D eigenvalue weighted by molar-refractivity contribution is 7.92. The molecule has 0 radical (unpaired) electrons. The molecule has 1 aromatic heterocycles. The van der Waals surface area contributed by atoms with Crippen molar-refractivity contribution in [3.05, 3.63) is 82.5 Å². The number of halogens is 2. The van der Waals surface area contributed by atoms with Crippen LogP contribution in [0.5, 0.6) is 11.5 Å². The van der Waals surface area contributed by atoms with Crippen LogP contribution >= 0.6 is 23.2 Å². The summed E-state index contributed by atoms with van der Waals surface area (Å²) in [6, 6.07) is 19.4. The van der Waals surface area contributed by atoms with Crippen molar-refractivity contribution < 1.29 is 13.2 Å². The standard InChI is InChI=1S/C25H21Cl2NO3S/c1-15(2)32(29,30)19-7-4-6-17(13-19)31-18-10-11-23(26)22(14-18)21-12-16(3)28-25-20(21)8-5-9-24(25)27/h4-15H,1-3H3. The number of aromatic nitrogens is 1. The number of rotatable bonds is 5. The van der Waals surface area contributed by atoms with E-state index in [-0.39, 0.29) is 4.90 Å². The number of benzene rings is 3. The highest BCUT2D eigenvalue weighted by Gasteiger charge is 2.20. The maximum Gasteiger partial charge on any atom is 0.180 e. The van der Waals surface area contributed by atoms with Crippen LogP contribution in [0, 0.1) is 6.92 Å². The number of hydrogen-bond donors (Lipinski definition) is 0. The predicted molar refractivity (Wildman–Crippen MR) is 131 cm³/mol. The van der Waals surface area contributed by atoms with Gasteiger partial charge in [-0.05, 0) is 74.9 Å². The molecular weight excluding hydrogens is 465 g/mol. The first kappa shape index (κ1) is 22.6. The van der Waals surface area contributed by atoms with Gasteiger partial charge in [-0.2, -0.15) is 0 Å². The minimum Gasteiger partial charge on any atom is -0.457 e. The Labute approximate surface area is 197 Å². The molecule has 0 N–H and O–H groups in total. The van der Waals surface area contributed by atoms with E-state index in [0.29, 0.717) is 27.1 Å². The third-order valence-electron chi connectivity index (χ3n) is 5.14. The van der Waals surface area contributed by atoms with Crippen molar-refractivity contribution in [2.45, 2.75) is 30.9 Å². The highest BCUT2D eigenvalue weighted by atomic mass is 35.5. The van der Waals surface area contributed by atoms with E-state index in [0.717, 1.165) is 22.2 Å². The first-order chi connectivity index (χ1) is 15.2. The number of hydrogen-bond acceptors (Lipinski definition) is 4. The average molecular weight is 486 g/mol. The van der Waals surface area contributed by atoms with Gasteiger partial charge in [0.25, 0.3) is 0 Å². The lowest BCUT2D eigenvalue weighted by atomic mass is 10.00. The number of pyridine rings is 1. The van der Waals surface area contributed by atoms with Gasteiger partial charge < -0.3 is 4.74 Å². The van der Waals surface area contributed by atoms with Gasteiger partial charge in [-0.15, -0.1) is 0 Å². The molecule has 4 rings (SSSR count). The van der Waals surface area contributed by atoms with E-state index in [1.165, 1.54) is 6.07 Å². The molecule has 0 bridgehead atoms. The summed E-state index contributed by atoms with van der Waals surface area (Å²) in [6.07, 6.45) is 0. The summed E-state index contributed by atoms with van der Waals surface area (Å²) < 4.78 is 31.0. The maximum atomic E-state index is 12.5. The minimum atomic E-state index is -3.40. The molecule has 0 saturated carbocycles. The number of aryl methyl sites for hydroxylation is 1. The van der Waals surface area contributed by atoms with Crippen LogP contribution < -0.4 is 4.74 Å². The molecule has 0 atom stereocenters. The summed E-state index contributed by atoms with van der Waals surface area (Å²) in [5, 5.41) is 1.49. The fraction of sp³-hybridized carbons (Fsp3) is 0.160. The van der Waals surface area contributed by atoms with E-state index in [4.69, 9.17) is 27.9 Å². The van der Waals surface area contributed by atoms with Gasteiger partial charge in [-0.25, -0.2) is 8.42 Å². The van der Waals surface area contributed by atoms with Crippen molar-refractivity contribution >= 4 is 43.9 Å². The Bertz CT molecular complexity index is 1430. The summed E-state index contributed by atoms with van der Waals surface area (Å²) in [4.78, 5) is 4.79. The second kappa shape index (κ2) is 8.74. The van der Waals surface area contributed by atoms with Crippen LogP contribution in [0.15, 0.2) is 71.6 Å².